The van der Waals surface area contributed by atoms with E-state index in [2.05, 4.69) is 142 Å². The smallest absolute Gasteiger partial charge is 0.306 e. The average Bonchev–Trinajstić information content (AvgIpc) is 3.39. The molecule has 1 atom stereocenters. The average molecular weight is 1010 g/mol. The summed E-state index contributed by atoms with van der Waals surface area (Å²) in [5.74, 6) is -0.937. The number of ether oxygens (including phenoxy) is 3. The zero-order valence-corrected chi connectivity index (χ0v) is 47.4. The van der Waals surface area contributed by atoms with Crippen LogP contribution in [0.5, 0.6) is 0 Å². The lowest BCUT2D eigenvalue weighted by molar-refractivity contribution is -0.167. The first-order valence-electron chi connectivity index (χ1n) is 30.0. The predicted molar refractivity (Wildman–Crippen MR) is 316 cm³/mol. The van der Waals surface area contributed by atoms with Crippen LogP contribution < -0.4 is 0 Å². The maximum Gasteiger partial charge on any atom is 0.306 e. The van der Waals surface area contributed by atoms with Gasteiger partial charge in [0.1, 0.15) is 13.2 Å². The minimum Gasteiger partial charge on any atom is -0.462 e. The summed E-state index contributed by atoms with van der Waals surface area (Å²) in [4.78, 5) is 38.1. The summed E-state index contributed by atoms with van der Waals surface area (Å²) >= 11 is 0. The first kappa shape index (κ1) is 68.8. The molecule has 0 aliphatic rings. The van der Waals surface area contributed by atoms with Gasteiger partial charge in [0.05, 0.1) is 0 Å². The van der Waals surface area contributed by atoms with Crippen molar-refractivity contribution in [3.8, 4) is 0 Å². The molecule has 0 saturated carbocycles. The van der Waals surface area contributed by atoms with Crippen LogP contribution in [0.3, 0.4) is 0 Å². The Bertz CT molecular complexity index is 1540. The third-order valence-electron chi connectivity index (χ3n) is 12.5. The van der Waals surface area contributed by atoms with Crippen molar-refractivity contribution in [3.05, 3.63) is 122 Å². The zero-order chi connectivity index (χ0) is 52.9. The molecule has 0 heterocycles. The Morgan fingerprint density at radius 2 is 0.534 bits per heavy atom. The summed E-state index contributed by atoms with van der Waals surface area (Å²) in [6.07, 6.45) is 83.4. The second kappa shape index (κ2) is 60.4. The largest absolute Gasteiger partial charge is 0.462 e. The minimum atomic E-state index is -0.796. The highest BCUT2D eigenvalue weighted by molar-refractivity contribution is 5.71. The van der Waals surface area contributed by atoms with Gasteiger partial charge in [-0.3, -0.25) is 14.4 Å². The van der Waals surface area contributed by atoms with Crippen molar-refractivity contribution >= 4 is 17.9 Å². The standard InChI is InChI=1S/C67H110O6/c1-4-7-10-13-16-19-22-24-25-26-27-28-29-30-31-32-33-34-35-36-37-38-39-40-41-43-45-48-51-54-57-60-66(69)72-63-64(62-71-65(68)59-56-53-50-47-44-21-18-15-12-9-6-3)73-67(70)61-58-55-52-49-46-42-23-20-17-14-11-8-5-2/h7,10,16,19-20,23-25,27-28,30-31,33-34,36-37,39-40,43,45,64H,4-6,8-9,11-15,17-18,21-22,26,29,32,35,38,41-42,44,46-63H2,1-3H3/b10-7-,19-16-,23-20-,25-24-,28-27-,31-30-,34-33-,37-36-,40-39-,45-43-. The molecule has 0 N–H and O–H groups in total. The second-order valence-electron chi connectivity index (χ2n) is 19.5. The first-order chi connectivity index (χ1) is 36.0. The van der Waals surface area contributed by atoms with E-state index in [1.165, 1.54) is 89.9 Å². The van der Waals surface area contributed by atoms with Gasteiger partial charge in [-0.1, -0.05) is 251 Å². The van der Waals surface area contributed by atoms with Crippen LogP contribution in [0.1, 0.15) is 265 Å². The van der Waals surface area contributed by atoms with Gasteiger partial charge in [-0.25, -0.2) is 0 Å². The molecule has 6 heteroatoms. The van der Waals surface area contributed by atoms with E-state index < -0.39 is 6.10 Å². The molecule has 73 heavy (non-hydrogen) atoms. The maximum atomic E-state index is 12.8. The summed E-state index contributed by atoms with van der Waals surface area (Å²) in [7, 11) is 0. The number of carbonyl (C=O) groups is 3. The first-order valence-corrected chi connectivity index (χ1v) is 30.0. The molecule has 0 aromatic rings. The van der Waals surface area contributed by atoms with Crippen molar-refractivity contribution in [1.29, 1.82) is 0 Å². The third kappa shape index (κ3) is 58.6. The van der Waals surface area contributed by atoms with Gasteiger partial charge < -0.3 is 14.2 Å². The lowest BCUT2D eigenvalue weighted by atomic mass is 10.1. The summed E-state index contributed by atoms with van der Waals surface area (Å²) in [5.41, 5.74) is 0. The molecular formula is C67H110O6. The van der Waals surface area contributed by atoms with Gasteiger partial charge in [-0.2, -0.15) is 0 Å². The Labute approximate surface area is 450 Å². The molecule has 0 bridgehead atoms. The summed E-state index contributed by atoms with van der Waals surface area (Å²) in [5, 5.41) is 0. The van der Waals surface area contributed by atoms with Crippen LogP contribution in [-0.2, 0) is 28.6 Å². The Kier molecular flexibility index (Phi) is 56.9. The van der Waals surface area contributed by atoms with Gasteiger partial charge in [0.15, 0.2) is 6.10 Å². The molecule has 414 valence electrons. The Balaban J connectivity index is 4.32. The van der Waals surface area contributed by atoms with Crippen LogP contribution in [0.15, 0.2) is 122 Å². The van der Waals surface area contributed by atoms with Crippen LogP contribution in [0, 0.1) is 0 Å². The predicted octanol–water partition coefficient (Wildman–Crippen LogP) is 20.4. The van der Waals surface area contributed by atoms with E-state index >= 15 is 0 Å². The number of hydrogen-bond donors (Lipinski definition) is 0. The lowest BCUT2D eigenvalue weighted by Crippen LogP contribution is -2.30. The normalized spacial score (nSPS) is 13.0. The molecule has 0 spiro atoms. The molecule has 0 saturated heterocycles. The van der Waals surface area contributed by atoms with Crippen molar-refractivity contribution < 1.29 is 28.6 Å². The third-order valence-corrected chi connectivity index (χ3v) is 12.5. The van der Waals surface area contributed by atoms with Gasteiger partial charge in [0.25, 0.3) is 0 Å². The van der Waals surface area contributed by atoms with Crippen molar-refractivity contribution in [2.45, 2.75) is 271 Å². The highest BCUT2D eigenvalue weighted by Gasteiger charge is 2.19. The van der Waals surface area contributed by atoms with E-state index in [-0.39, 0.29) is 31.1 Å². The fourth-order valence-corrected chi connectivity index (χ4v) is 7.96. The summed E-state index contributed by atoms with van der Waals surface area (Å²) in [6.45, 7) is 6.47. The molecule has 0 aromatic carbocycles. The van der Waals surface area contributed by atoms with Crippen LogP contribution in [0.4, 0.5) is 0 Å². The van der Waals surface area contributed by atoms with E-state index in [0.29, 0.717) is 19.3 Å². The summed E-state index contributed by atoms with van der Waals surface area (Å²) in [6, 6.07) is 0. The number of esters is 3. The fourth-order valence-electron chi connectivity index (χ4n) is 7.96. The molecule has 0 radical (unpaired) electrons. The van der Waals surface area contributed by atoms with Crippen molar-refractivity contribution in [3.63, 3.8) is 0 Å². The van der Waals surface area contributed by atoms with E-state index in [0.717, 1.165) is 135 Å². The number of rotatable bonds is 53. The number of carbonyl (C=O) groups excluding carboxylic acids is 3. The SMILES string of the molecule is CC/C=C\C/C=C\C/C=C\C/C=C\C/C=C\C/C=C\C/C=C\C/C=C\C/C=C\CCCCCC(=O)OCC(COC(=O)CCCCCCCCCCCCC)OC(=O)CCCCCCC/C=C\CCCCCC. The van der Waals surface area contributed by atoms with Gasteiger partial charge >= 0.3 is 17.9 Å². The van der Waals surface area contributed by atoms with Crippen LogP contribution in [-0.4, -0.2) is 37.2 Å². The van der Waals surface area contributed by atoms with E-state index in [4.69, 9.17) is 14.2 Å². The highest BCUT2D eigenvalue weighted by atomic mass is 16.6. The van der Waals surface area contributed by atoms with Crippen molar-refractivity contribution in [2.24, 2.45) is 0 Å². The molecule has 0 rings (SSSR count). The second-order valence-corrected chi connectivity index (χ2v) is 19.5. The quantitative estimate of drug-likeness (QED) is 0.0261. The molecule has 0 aromatic heterocycles. The Morgan fingerprint density at radius 3 is 0.877 bits per heavy atom. The molecule has 0 aliphatic heterocycles. The van der Waals surface area contributed by atoms with Crippen LogP contribution in [0.2, 0.25) is 0 Å². The topological polar surface area (TPSA) is 78.9 Å². The Hall–Kier alpha value is -4.19. The van der Waals surface area contributed by atoms with E-state index in [1.54, 1.807) is 0 Å². The molecular weight excluding hydrogens is 901 g/mol. The number of hydrogen-bond acceptors (Lipinski definition) is 6. The maximum absolute atomic E-state index is 12.8. The van der Waals surface area contributed by atoms with Crippen LogP contribution >= 0.6 is 0 Å². The monoisotopic (exact) mass is 1010 g/mol. The van der Waals surface area contributed by atoms with Gasteiger partial charge in [0.2, 0.25) is 0 Å². The molecule has 0 aliphatic carbocycles. The molecule has 0 fully saturated rings. The minimum absolute atomic E-state index is 0.0920. The molecule has 1 unspecified atom stereocenters. The number of unbranched alkanes of at least 4 members (excludes halogenated alkanes) is 22. The van der Waals surface area contributed by atoms with Gasteiger partial charge in [0, 0.05) is 19.3 Å². The fraction of sp³-hybridized carbons (Fsp3) is 0.657. The van der Waals surface area contributed by atoms with Crippen molar-refractivity contribution in [2.75, 3.05) is 13.2 Å². The van der Waals surface area contributed by atoms with Gasteiger partial charge in [-0.15, -0.1) is 0 Å². The zero-order valence-electron chi connectivity index (χ0n) is 47.4. The van der Waals surface area contributed by atoms with Crippen LogP contribution in [0.25, 0.3) is 0 Å². The Morgan fingerprint density at radius 1 is 0.288 bits per heavy atom. The molecule has 0 amide bonds. The summed E-state index contributed by atoms with van der Waals surface area (Å²) < 4.78 is 16.8. The van der Waals surface area contributed by atoms with Gasteiger partial charge in [-0.05, 0) is 116 Å². The molecule has 6 nitrogen and oxygen atoms in total. The van der Waals surface area contributed by atoms with E-state index in [9.17, 15) is 14.4 Å². The number of allylic oxidation sites excluding steroid dienone is 20. The van der Waals surface area contributed by atoms with Crippen molar-refractivity contribution in [1.82, 2.24) is 0 Å². The highest BCUT2D eigenvalue weighted by Crippen LogP contribution is 2.14. The van der Waals surface area contributed by atoms with E-state index in [1.807, 2.05) is 0 Å². The lowest BCUT2D eigenvalue weighted by Gasteiger charge is -2.18.